The van der Waals surface area contributed by atoms with Gasteiger partial charge in [-0.25, -0.2) is 13.4 Å². The highest BCUT2D eigenvalue weighted by atomic mass is 32.2. The standard InChI is InChI=1S/C32H42N4O5S/c1-19(2)21-7-13-25-22(17-21)8-14-26-27(25)20(3)15-16-32(26,4)31(37)35-23-9-11-24(12-10-23)42(38,39)36-29-28(40-5)30(41-6)34-18-33-29/h9-12,18-21H,7-8,13-17H2,1-6H3,(H,35,37)(H,33,34,36)/t20-,21-,32-/m0/s1. The largest absolute Gasteiger partial charge is 0.489 e. The minimum absolute atomic E-state index is 0.0200. The van der Waals surface area contributed by atoms with E-state index in [1.165, 1.54) is 56.7 Å². The average Bonchev–Trinajstić information content (AvgIpc) is 2.98. The van der Waals surface area contributed by atoms with Gasteiger partial charge in [-0.15, -0.1) is 0 Å². The number of nitrogens with one attached hydrogen (secondary N) is 2. The summed E-state index contributed by atoms with van der Waals surface area (Å²) in [6.07, 6.45) is 8.50. The third kappa shape index (κ3) is 5.53. The molecule has 2 N–H and O–H groups in total. The summed E-state index contributed by atoms with van der Waals surface area (Å²) in [5, 5.41) is 3.09. The molecule has 1 aromatic carbocycles. The first-order chi connectivity index (χ1) is 20.0. The van der Waals surface area contributed by atoms with Crippen LogP contribution in [0.3, 0.4) is 0 Å². The Hall–Kier alpha value is -3.40. The molecule has 0 bridgehead atoms. The number of ether oxygens (including phenoxy) is 2. The van der Waals surface area contributed by atoms with Crippen LogP contribution in [0.15, 0.2) is 57.8 Å². The zero-order chi connectivity index (χ0) is 30.2. The van der Waals surface area contributed by atoms with Crippen LogP contribution in [0, 0.1) is 23.2 Å². The number of carbonyl (C=O) groups excluding carboxylic acids is 1. The summed E-state index contributed by atoms with van der Waals surface area (Å²) < 4.78 is 39.0. The topological polar surface area (TPSA) is 120 Å². The molecule has 0 aliphatic heterocycles. The van der Waals surface area contributed by atoms with Crippen molar-refractivity contribution in [3.05, 3.63) is 52.9 Å². The van der Waals surface area contributed by atoms with Crippen LogP contribution in [0.2, 0.25) is 0 Å². The van der Waals surface area contributed by atoms with Gasteiger partial charge in [-0.05, 0) is 105 Å². The highest BCUT2D eigenvalue weighted by Crippen LogP contribution is 2.54. The van der Waals surface area contributed by atoms with E-state index in [1.54, 1.807) is 23.3 Å². The molecule has 0 saturated heterocycles. The maximum absolute atomic E-state index is 13.9. The third-order valence-corrected chi connectivity index (χ3v) is 10.9. The molecule has 0 fully saturated rings. The molecule has 3 aliphatic carbocycles. The Morgan fingerprint density at radius 1 is 1.05 bits per heavy atom. The van der Waals surface area contributed by atoms with Gasteiger partial charge in [-0.3, -0.25) is 9.52 Å². The number of hydrogen-bond donors (Lipinski definition) is 2. The van der Waals surface area contributed by atoms with Crippen molar-refractivity contribution in [1.29, 1.82) is 0 Å². The van der Waals surface area contributed by atoms with Crippen molar-refractivity contribution in [3.8, 4) is 11.6 Å². The summed E-state index contributed by atoms with van der Waals surface area (Å²) in [6, 6.07) is 6.15. The number of aromatic nitrogens is 2. The predicted octanol–water partition coefficient (Wildman–Crippen LogP) is 6.51. The first kappa shape index (κ1) is 30.1. The minimum Gasteiger partial charge on any atom is -0.489 e. The molecular weight excluding hydrogens is 552 g/mol. The van der Waals surface area contributed by atoms with E-state index in [2.05, 4.69) is 47.7 Å². The Morgan fingerprint density at radius 3 is 2.45 bits per heavy atom. The van der Waals surface area contributed by atoms with Crippen molar-refractivity contribution in [2.75, 3.05) is 24.3 Å². The number of anilines is 2. The Balaban J connectivity index is 1.35. The van der Waals surface area contributed by atoms with E-state index in [9.17, 15) is 13.2 Å². The van der Waals surface area contributed by atoms with Crippen molar-refractivity contribution in [2.45, 2.75) is 77.5 Å². The molecule has 3 aliphatic rings. The number of sulfonamides is 1. The second-order valence-electron chi connectivity index (χ2n) is 12.3. The van der Waals surface area contributed by atoms with Gasteiger partial charge in [0.25, 0.3) is 15.9 Å². The summed E-state index contributed by atoms with van der Waals surface area (Å²) in [6.45, 7) is 9.07. The summed E-state index contributed by atoms with van der Waals surface area (Å²) in [5.41, 5.74) is 5.88. The quantitative estimate of drug-likeness (QED) is 0.357. The molecule has 1 amide bonds. The first-order valence-electron chi connectivity index (χ1n) is 14.8. The minimum atomic E-state index is -3.99. The lowest BCUT2D eigenvalue weighted by Gasteiger charge is -2.45. The van der Waals surface area contributed by atoms with Gasteiger partial charge in [-0.2, -0.15) is 4.98 Å². The van der Waals surface area contributed by atoms with E-state index in [4.69, 9.17) is 9.47 Å². The van der Waals surface area contributed by atoms with Gasteiger partial charge in [0.05, 0.1) is 24.5 Å². The van der Waals surface area contributed by atoms with Gasteiger partial charge in [0.2, 0.25) is 11.7 Å². The van der Waals surface area contributed by atoms with Crippen LogP contribution in [-0.2, 0) is 14.8 Å². The fraction of sp³-hybridized carbons (Fsp3) is 0.531. The number of carbonyl (C=O) groups is 1. The van der Waals surface area contributed by atoms with Gasteiger partial charge in [0.15, 0.2) is 5.82 Å². The molecule has 9 nitrogen and oxygen atoms in total. The third-order valence-electron chi connectivity index (χ3n) is 9.53. The lowest BCUT2D eigenvalue weighted by molar-refractivity contribution is -0.123. The van der Waals surface area contributed by atoms with Crippen molar-refractivity contribution in [1.82, 2.24) is 9.97 Å². The molecule has 1 aromatic heterocycles. The number of benzene rings is 1. The van der Waals surface area contributed by atoms with Crippen LogP contribution < -0.4 is 19.5 Å². The smallest absolute Gasteiger partial charge is 0.263 e. The van der Waals surface area contributed by atoms with E-state index in [-0.39, 0.29) is 28.3 Å². The molecule has 0 saturated carbocycles. The molecule has 226 valence electrons. The number of methoxy groups -OCH3 is 2. The lowest BCUT2D eigenvalue weighted by atomic mass is 9.59. The van der Waals surface area contributed by atoms with Gasteiger partial charge in [0.1, 0.15) is 6.33 Å². The lowest BCUT2D eigenvalue weighted by Crippen LogP contribution is -2.41. The second-order valence-corrected chi connectivity index (χ2v) is 14.0. The SMILES string of the molecule is COc1ncnc(NS(=O)(=O)c2ccc(NC(=O)[C@@]3(C)CC[C@H](C)C4=C3CCC3=C4CC[C@H](C(C)C)C3)cc2)c1OC. The number of allylic oxidation sites excluding steroid dienone is 3. The summed E-state index contributed by atoms with van der Waals surface area (Å²) in [4.78, 5) is 21.8. The summed E-state index contributed by atoms with van der Waals surface area (Å²) >= 11 is 0. The van der Waals surface area contributed by atoms with Gasteiger partial charge >= 0.3 is 0 Å². The predicted molar refractivity (Wildman–Crippen MR) is 163 cm³/mol. The summed E-state index contributed by atoms with van der Waals surface area (Å²) in [7, 11) is -1.21. The molecule has 3 atom stereocenters. The van der Waals surface area contributed by atoms with Crippen LogP contribution in [0.4, 0.5) is 11.5 Å². The maximum Gasteiger partial charge on any atom is 0.263 e. The number of rotatable bonds is 8. The van der Waals surface area contributed by atoms with Crippen LogP contribution in [-0.4, -0.2) is 38.5 Å². The number of nitrogens with zero attached hydrogens (tertiary/aromatic N) is 2. The summed E-state index contributed by atoms with van der Waals surface area (Å²) in [5.74, 6) is 2.04. The molecule has 0 unspecified atom stereocenters. The number of fused-ring (bicyclic) bond motifs is 1. The van der Waals surface area contributed by atoms with E-state index in [0.717, 1.165) is 38.0 Å². The Morgan fingerprint density at radius 2 is 1.79 bits per heavy atom. The Labute approximate surface area is 249 Å². The fourth-order valence-corrected chi connectivity index (χ4v) is 7.95. The molecule has 0 radical (unpaired) electrons. The molecule has 2 aromatic rings. The highest BCUT2D eigenvalue weighted by Gasteiger charge is 2.45. The Kier molecular flexibility index (Phi) is 8.38. The van der Waals surface area contributed by atoms with Crippen LogP contribution in [0.5, 0.6) is 11.6 Å². The van der Waals surface area contributed by atoms with Crippen LogP contribution >= 0.6 is 0 Å². The highest BCUT2D eigenvalue weighted by molar-refractivity contribution is 7.92. The average molecular weight is 595 g/mol. The van der Waals surface area contributed by atoms with Crippen LogP contribution in [0.1, 0.15) is 72.6 Å². The maximum atomic E-state index is 13.9. The van der Waals surface area contributed by atoms with Crippen LogP contribution in [0.25, 0.3) is 0 Å². The number of amides is 1. The van der Waals surface area contributed by atoms with E-state index >= 15 is 0 Å². The molecule has 10 heteroatoms. The van der Waals surface area contributed by atoms with Gasteiger partial charge in [0, 0.05) is 5.69 Å². The van der Waals surface area contributed by atoms with Gasteiger partial charge < -0.3 is 14.8 Å². The number of hydrogen-bond acceptors (Lipinski definition) is 7. The first-order valence-corrected chi connectivity index (χ1v) is 16.3. The monoisotopic (exact) mass is 594 g/mol. The zero-order valence-electron chi connectivity index (χ0n) is 25.4. The van der Waals surface area contributed by atoms with Crippen molar-refractivity contribution in [3.63, 3.8) is 0 Å². The molecule has 0 spiro atoms. The van der Waals surface area contributed by atoms with E-state index in [1.807, 2.05) is 0 Å². The Bertz CT molecular complexity index is 1530. The fourth-order valence-electron chi connectivity index (χ4n) is 6.94. The van der Waals surface area contributed by atoms with Crippen molar-refractivity contribution < 1.29 is 22.7 Å². The van der Waals surface area contributed by atoms with E-state index < -0.39 is 15.4 Å². The zero-order valence-corrected chi connectivity index (χ0v) is 26.2. The molecule has 5 rings (SSSR count). The normalized spacial score (nSPS) is 24.2. The van der Waals surface area contributed by atoms with Crippen molar-refractivity contribution in [2.24, 2.45) is 23.2 Å². The van der Waals surface area contributed by atoms with Gasteiger partial charge in [-0.1, -0.05) is 31.9 Å². The molecular formula is C32H42N4O5S. The molecule has 1 heterocycles. The second kappa shape index (κ2) is 11.7. The van der Waals surface area contributed by atoms with Crippen molar-refractivity contribution >= 4 is 27.4 Å². The molecule has 42 heavy (non-hydrogen) atoms. The van der Waals surface area contributed by atoms with E-state index in [0.29, 0.717) is 17.5 Å².